The predicted octanol–water partition coefficient (Wildman–Crippen LogP) is 7.60. The number of aromatic nitrogens is 4. The molecular weight excluding hydrogens is 1000 g/mol. The monoisotopic (exact) mass is 1060 g/mol. The smallest absolute Gasteiger partial charge is 0.490 e. The van der Waals surface area contributed by atoms with Gasteiger partial charge in [0.1, 0.15) is 58.8 Å². The van der Waals surface area contributed by atoms with E-state index in [1.807, 2.05) is 33.8 Å². The fourth-order valence-corrected chi connectivity index (χ4v) is 7.27. The second kappa shape index (κ2) is 23.9. The molecular formula is C48H56BClF6N10O8. The maximum atomic E-state index is 12.7. The molecule has 0 saturated carbocycles. The summed E-state index contributed by atoms with van der Waals surface area (Å²) < 4.78 is 99.6. The second-order valence-corrected chi connectivity index (χ2v) is 18.6. The summed E-state index contributed by atoms with van der Waals surface area (Å²) in [5.74, 6) is -1.11. The highest BCUT2D eigenvalue weighted by Crippen LogP contribution is 2.41. The van der Waals surface area contributed by atoms with Crippen molar-refractivity contribution >= 4 is 59.6 Å². The van der Waals surface area contributed by atoms with Crippen LogP contribution in [0.5, 0.6) is 11.5 Å². The van der Waals surface area contributed by atoms with Crippen LogP contribution in [0.2, 0.25) is 5.28 Å². The molecule has 1 saturated heterocycles. The highest BCUT2D eigenvalue weighted by Gasteiger charge is 2.52. The number of benzene rings is 2. The van der Waals surface area contributed by atoms with Crippen LogP contribution in [0.1, 0.15) is 118 Å². The van der Waals surface area contributed by atoms with Crippen molar-refractivity contribution in [1.29, 1.82) is 0 Å². The SMILES string of the molecule is CC1(C)OB(C2=CCC(Oc3ccc(C(F)(F)F)cc3)CC2)OC1(C)C.C[C@H](Nc1cc(C(N)=O)nc(C2=CCC(Oc3ccc(C(F)(F)F)cc3)CC2)n1)C(N)=O.C[C@H](Nc1cc(C(N)=O)nc(Cl)n1)C(N)=O. The quantitative estimate of drug-likeness (QED) is 0.0403. The molecule has 7 rings (SSSR count). The van der Waals surface area contributed by atoms with Gasteiger partial charge in [-0.3, -0.25) is 19.2 Å². The maximum Gasteiger partial charge on any atom is 0.490 e. The van der Waals surface area contributed by atoms with E-state index in [1.54, 1.807) is 13.8 Å². The number of anilines is 2. The number of carbonyl (C=O) groups is 4. The molecule has 0 radical (unpaired) electrons. The van der Waals surface area contributed by atoms with Gasteiger partial charge in [-0.25, -0.2) is 19.9 Å². The van der Waals surface area contributed by atoms with Crippen LogP contribution in [0.3, 0.4) is 0 Å². The Morgan fingerprint density at radius 2 is 1.08 bits per heavy atom. The molecule has 74 heavy (non-hydrogen) atoms. The molecule has 10 N–H and O–H groups in total. The number of nitrogens with one attached hydrogen (secondary N) is 2. The summed E-state index contributed by atoms with van der Waals surface area (Å²) in [6.45, 7) is 11.2. The van der Waals surface area contributed by atoms with Crippen LogP contribution in [0.25, 0.3) is 5.57 Å². The van der Waals surface area contributed by atoms with E-state index in [2.05, 4.69) is 36.6 Å². The van der Waals surface area contributed by atoms with Crippen LogP contribution in [0.4, 0.5) is 38.0 Å². The minimum atomic E-state index is -4.40. The first-order valence-corrected chi connectivity index (χ1v) is 23.3. The number of rotatable bonds is 14. The first kappa shape index (κ1) is 57.9. The summed E-state index contributed by atoms with van der Waals surface area (Å²) >= 11 is 5.57. The average Bonchev–Trinajstić information content (AvgIpc) is 3.54. The fraction of sp³-hybridized carbons (Fsp3) is 0.417. The molecule has 1 fully saturated rings. The zero-order valence-electron chi connectivity index (χ0n) is 41.1. The van der Waals surface area contributed by atoms with E-state index in [9.17, 15) is 45.5 Å². The fourth-order valence-electron chi connectivity index (χ4n) is 7.09. The lowest BCUT2D eigenvalue weighted by Gasteiger charge is -2.32. The number of amides is 4. The first-order valence-electron chi connectivity index (χ1n) is 23.0. The van der Waals surface area contributed by atoms with Crippen LogP contribution < -0.4 is 43.0 Å². The number of carbonyl (C=O) groups excluding carboxylic acids is 4. The van der Waals surface area contributed by atoms with Crippen LogP contribution in [-0.4, -0.2) is 86.2 Å². The summed E-state index contributed by atoms with van der Waals surface area (Å²) in [6.07, 6.45) is -1.32. The van der Waals surface area contributed by atoms with Gasteiger partial charge in [-0.1, -0.05) is 12.2 Å². The molecule has 3 aliphatic rings. The minimum Gasteiger partial charge on any atom is -0.490 e. The molecule has 3 heterocycles. The summed E-state index contributed by atoms with van der Waals surface area (Å²) in [6, 6.07) is 10.6. The first-order chi connectivity index (χ1) is 34.4. The molecule has 0 spiro atoms. The number of nitrogens with zero attached hydrogens (tertiary/aromatic N) is 4. The topological polar surface area (TPSA) is 285 Å². The van der Waals surface area contributed by atoms with Crippen molar-refractivity contribution in [3.05, 3.63) is 112 Å². The third-order valence-electron chi connectivity index (χ3n) is 12.1. The summed E-state index contributed by atoms with van der Waals surface area (Å²) in [5, 5.41) is 5.32. The van der Waals surface area contributed by atoms with Crippen molar-refractivity contribution in [3.8, 4) is 11.5 Å². The molecule has 4 amide bonds. The number of halogens is 7. The maximum absolute atomic E-state index is 12.7. The lowest BCUT2D eigenvalue weighted by molar-refractivity contribution is -0.138. The number of ether oxygens (including phenoxy) is 2. The van der Waals surface area contributed by atoms with Crippen molar-refractivity contribution in [2.24, 2.45) is 22.9 Å². The molecule has 2 aromatic heterocycles. The molecule has 4 aromatic rings. The molecule has 2 aliphatic carbocycles. The number of alkyl halides is 6. The van der Waals surface area contributed by atoms with Gasteiger partial charge in [0.25, 0.3) is 11.8 Å². The largest absolute Gasteiger partial charge is 0.490 e. The average molecular weight is 1060 g/mol. The number of hydrogen-bond acceptors (Lipinski definition) is 14. The Kier molecular flexibility index (Phi) is 18.7. The summed E-state index contributed by atoms with van der Waals surface area (Å²) in [5.41, 5.74) is 20.4. The van der Waals surface area contributed by atoms with Crippen molar-refractivity contribution in [3.63, 3.8) is 0 Å². The number of hydrogen-bond donors (Lipinski definition) is 6. The Labute approximate surface area is 427 Å². The third-order valence-corrected chi connectivity index (χ3v) is 12.3. The van der Waals surface area contributed by atoms with Gasteiger partial charge in [0.2, 0.25) is 17.1 Å². The van der Waals surface area contributed by atoms with E-state index in [-0.39, 0.29) is 64.7 Å². The van der Waals surface area contributed by atoms with E-state index in [4.69, 9.17) is 53.3 Å². The summed E-state index contributed by atoms with van der Waals surface area (Å²) in [4.78, 5) is 60.6. The van der Waals surface area contributed by atoms with Gasteiger partial charge >= 0.3 is 19.5 Å². The van der Waals surface area contributed by atoms with Gasteiger partial charge < -0.3 is 52.4 Å². The molecule has 2 unspecified atom stereocenters. The number of primary amides is 4. The standard InChI is InChI=1S/C21H22F3N5O3.C19H24BF3O3.C8H10ClN5O2/c1-11(18(25)30)27-17-10-16(19(26)31)28-20(29-17)12-2-6-14(7-3-12)32-15-8-4-13(5-9-15)21(22,23)24;1-17(2)18(3,4)26-20(25-17)14-7-11-16(12-8-14)24-15-9-5-13(6-10-15)19(21,22)23;1-3(6(10)15)12-5-2-4(7(11)16)13-8(9)14-5/h2,4-5,8-11,14H,3,6-7H2,1H3,(H2,25,30)(H2,26,31)(H,27,28,29);5-7,9-10,16H,8,11-12H2,1-4H3;2-3H,1H3,(H2,10,15)(H2,11,16)(H,12,13,14)/t11-,14?;;3-/m0.0/s1. The third kappa shape index (κ3) is 16.3. The van der Waals surface area contributed by atoms with Gasteiger partial charge in [0.05, 0.1) is 22.3 Å². The number of allylic oxidation sites excluding steroid dienone is 2. The highest BCUT2D eigenvalue weighted by molar-refractivity contribution is 6.54. The zero-order chi connectivity index (χ0) is 54.9. The Bertz CT molecular complexity index is 2710. The lowest BCUT2D eigenvalue weighted by atomic mass is 9.72. The van der Waals surface area contributed by atoms with Crippen molar-refractivity contribution in [2.45, 2.75) is 128 Å². The van der Waals surface area contributed by atoms with Gasteiger partial charge in [-0.2, -0.15) is 26.3 Å². The Hall–Kier alpha value is -6.99. The van der Waals surface area contributed by atoms with Crippen molar-refractivity contribution in [2.75, 3.05) is 10.6 Å². The van der Waals surface area contributed by atoms with Crippen LogP contribution in [-0.2, 0) is 31.3 Å². The predicted molar refractivity (Wildman–Crippen MR) is 262 cm³/mol. The highest BCUT2D eigenvalue weighted by atomic mass is 35.5. The molecule has 0 bridgehead atoms. The van der Waals surface area contributed by atoms with E-state index >= 15 is 0 Å². The summed E-state index contributed by atoms with van der Waals surface area (Å²) in [7, 11) is -0.341. The minimum absolute atomic E-state index is 0.0156. The van der Waals surface area contributed by atoms with Gasteiger partial charge in [0, 0.05) is 25.0 Å². The lowest BCUT2D eigenvalue weighted by Crippen LogP contribution is -2.41. The van der Waals surface area contributed by atoms with Crippen LogP contribution in [0.15, 0.2) is 78.3 Å². The second-order valence-electron chi connectivity index (χ2n) is 18.3. The van der Waals surface area contributed by atoms with E-state index in [0.717, 1.165) is 48.2 Å². The molecule has 26 heteroatoms. The molecule has 4 atom stereocenters. The van der Waals surface area contributed by atoms with E-state index in [0.29, 0.717) is 37.2 Å². The van der Waals surface area contributed by atoms with E-state index in [1.165, 1.54) is 36.4 Å². The van der Waals surface area contributed by atoms with Crippen LogP contribution >= 0.6 is 11.6 Å². The molecule has 18 nitrogen and oxygen atoms in total. The van der Waals surface area contributed by atoms with E-state index < -0.39 is 59.2 Å². The normalized spacial score (nSPS) is 18.9. The Morgan fingerprint density at radius 3 is 1.46 bits per heavy atom. The molecule has 398 valence electrons. The van der Waals surface area contributed by atoms with Gasteiger partial charge in [-0.15, -0.1) is 0 Å². The zero-order valence-corrected chi connectivity index (χ0v) is 41.8. The van der Waals surface area contributed by atoms with Crippen molar-refractivity contribution in [1.82, 2.24) is 19.9 Å². The Morgan fingerprint density at radius 1 is 0.662 bits per heavy atom. The molecule has 2 aromatic carbocycles. The van der Waals surface area contributed by atoms with Gasteiger partial charge in [-0.05, 0) is 138 Å². The van der Waals surface area contributed by atoms with Gasteiger partial charge in [0.15, 0.2) is 5.82 Å². The Balaban J connectivity index is 0.000000217. The van der Waals surface area contributed by atoms with Crippen LogP contribution in [0, 0.1) is 0 Å². The molecule has 1 aliphatic heterocycles. The van der Waals surface area contributed by atoms with Crippen molar-refractivity contribution < 1.29 is 64.3 Å². The number of nitrogens with two attached hydrogens (primary N) is 4.